The Labute approximate surface area is 187 Å². The summed E-state index contributed by atoms with van der Waals surface area (Å²) < 4.78 is 86.9. The van der Waals surface area contributed by atoms with Crippen molar-refractivity contribution in [3.05, 3.63) is 66.9 Å². The fourth-order valence-corrected chi connectivity index (χ4v) is 4.72. The molecule has 1 aliphatic heterocycles. The molecule has 7 nitrogen and oxygen atoms in total. The van der Waals surface area contributed by atoms with E-state index in [0.717, 1.165) is 18.6 Å². The van der Waals surface area contributed by atoms with Crippen LogP contribution in [0.2, 0.25) is 0 Å². The topological polar surface area (TPSA) is 96.4 Å². The van der Waals surface area contributed by atoms with Gasteiger partial charge in [-0.2, -0.15) is 0 Å². The number of benzene rings is 1. The number of hydrogen-bond donors (Lipinski definition) is 1. The van der Waals surface area contributed by atoms with Gasteiger partial charge >= 0.3 is 6.36 Å². The highest BCUT2D eigenvalue weighted by molar-refractivity contribution is 7.91. The fraction of sp³-hybridized carbons (Fsp3) is 0.286. The van der Waals surface area contributed by atoms with E-state index in [-0.39, 0.29) is 16.6 Å². The molecule has 12 heteroatoms. The molecule has 1 fully saturated rings. The molecule has 1 atom stereocenters. The van der Waals surface area contributed by atoms with Crippen molar-refractivity contribution in [2.24, 2.45) is 5.92 Å². The Morgan fingerprint density at radius 2 is 1.91 bits per heavy atom. The van der Waals surface area contributed by atoms with E-state index in [9.17, 15) is 26.0 Å². The first-order chi connectivity index (χ1) is 15.6. The van der Waals surface area contributed by atoms with E-state index < -0.39 is 32.7 Å². The molecule has 3 aromatic rings. The summed E-state index contributed by atoms with van der Waals surface area (Å²) in [6, 6.07) is 8.75. The Balaban J connectivity index is 0.000000442. The van der Waals surface area contributed by atoms with Gasteiger partial charge in [-0.3, -0.25) is 4.98 Å². The molecule has 0 saturated carbocycles. The molecule has 3 heterocycles. The van der Waals surface area contributed by atoms with Gasteiger partial charge < -0.3 is 19.8 Å². The molecule has 33 heavy (non-hydrogen) atoms. The molecule has 1 saturated heterocycles. The molecule has 0 amide bonds. The summed E-state index contributed by atoms with van der Waals surface area (Å²) in [5, 5.41) is -0.240. The minimum atomic E-state index is -5.01. The molecule has 0 bridgehead atoms. The van der Waals surface area contributed by atoms with Crippen LogP contribution in [0.25, 0.3) is 0 Å². The van der Waals surface area contributed by atoms with Crippen LogP contribution < -0.4 is 10.5 Å². The number of pyridine rings is 1. The van der Waals surface area contributed by atoms with Crippen molar-refractivity contribution in [3.63, 3.8) is 0 Å². The zero-order chi connectivity index (χ0) is 24.1. The van der Waals surface area contributed by atoms with Crippen LogP contribution in [0.15, 0.2) is 71.0 Å². The average molecular weight is 487 g/mol. The summed E-state index contributed by atoms with van der Waals surface area (Å²) in [6.07, 6.45) is 0.652. The first-order valence-electron chi connectivity index (χ1n) is 9.75. The number of nitrogens with zero attached hydrogens (tertiary/aromatic N) is 2. The Hall–Kier alpha value is -3.12. The van der Waals surface area contributed by atoms with Crippen LogP contribution in [-0.4, -0.2) is 37.5 Å². The lowest BCUT2D eigenvalue weighted by molar-refractivity contribution is -0.274. The Bertz CT molecular complexity index is 1140. The zero-order valence-electron chi connectivity index (χ0n) is 17.2. The van der Waals surface area contributed by atoms with E-state index in [1.165, 1.54) is 16.8 Å². The second kappa shape index (κ2) is 10.2. The van der Waals surface area contributed by atoms with Crippen LogP contribution in [0, 0.1) is 11.7 Å². The zero-order valence-corrected chi connectivity index (χ0v) is 18.0. The third-order valence-electron chi connectivity index (χ3n) is 4.63. The SMILES string of the molecule is Nc1cc(S(=O)(=O)c2ccc(OC(F)(F)F)cc2F)n(C[C@H]2CCOC2)c1.c1ccncc1. The number of halogens is 4. The summed E-state index contributed by atoms with van der Waals surface area (Å²) in [6.45, 7) is 1.34. The van der Waals surface area contributed by atoms with Crippen molar-refractivity contribution >= 4 is 15.5 Å². The van der Waals surface area contributed by atoms with Gasteiger partial charge in [0.2, 0.25) is 9.84 Å². The summed E-state index contributed by atoms with van der Waals surface area (Å²) in [4.78, 5) is 3.02. The number of nitrogen functional groups attached to an aromatic ring is 1. The van der Waals surface area contributed by atoms with E-state index in [2.05, 4.69) is 9.72 Å². The standard InChI is InChI=1S/C16H16F4N2O4S.C5H5N/c17-13-6-12(26-16(18,19)20)1-2-14(13)27(23,24)15-5-11(21)8-22(15)7-10-3-4-25-9-10;1-2-4-6-5-3-1/h1-2,5-6,8,10H,3-4,7,9,21H2;1-5H/t10-;/m1./s1. The van der Waals surface area contributed by atoms with Gasteiger partial charge in [-0.05, 0) is 36.8 Å². The maximum atomic E-state index is 14.3. The normalized spacial score (nSPS) is 16.2. The van der Waals surface area contributed by atoms with Gasteiger partial charge in [0.05, 0.1) is 12.3 Å². The molecular weight excluding hydrogens is 466 g/mol. The molecule has 1 aliphatic rings. The highest BCUT2D eigenvalue weighted by Gasteiger charge is 2.33. The van der Waals surface area contributed by atoms with Gasteiger partial charge in [0.15, 0.2) is 0 Å². The lowest BCUT2D eigenvalue weighted by atomic mass is 10.1. The molecule has 178 valence electrons. The summed E-state index contributed by atoms with van der Waals surface area (Å²) in [5.41, 5.74) is 5.88. The molecule has 2 N–H and O–H groups in total. The van der Waals surface area contributed by atoms with Crippen LogP contribution in [0.1, 0.15) is 6.42 Å². The predicted octanol–water partition coefficient (Wildman–Crippen LogP) is 4.06. The van der Waals surface area contributed by atoms with Crippen LogP contribution >= 0.6 is 0 Å². The quantitative estimate of drug-likeness (QED) is 0.546. The number of sulfone groups is 1. The van der Waals surface area contributed by atoms with Crippen LogP contribution in [0.5, 0.6) is 5.75 Å². The number of ether oxygens (including phenoxy) is 2. The monoisotopic (exact) mass is 487 g/mol. The molecule has 0 radical (unpaired) electrons. The van der Waals surface area contributed by atoms with Crippen molar-refractivity contribution in [1.29, 1.82) is 0 Å². The van der Waals surface area contributed by atoms with Gasteiger partial charge in [-0.15, -0.1) is 13.2 Å². The van der Waals surface area contributed by atoms with Gasteiger partial charge in [0.25, 0.3) is 0 Å². The van der Waals surface area contributed by atoms with Gasteiger partial charge in [-0.1, -0.05) is 6.07 Å². The Morgan fingerprint density at radius 1 is 1.18 bits per heavy atom. The van der Waals surface area contributed by atoms with Gasteiger partial charge in [0.1, 0.15) is 21.5 Å². The first-order valence-corrected chi connectivity index (χ1v) is 11.2. The van der Waals surface area contributed by atoms with Crippen molar-refractivity contribution < 1.29 is 35.5 Å². The molecule has 0 unspecified atom stereocenters. The van der Waals surface area contributed by atoms with E-state index in [1.54, 1.807) is 12.4 Å². The fourth-order valence-electron chi connectivity index (χ4n) is 3.21. The number of alkyl halides is 3. The number of aromatic nitrogens is 2. The molecule has 2 aromatic heterocycles. The maximum absolute atomic E-state index is 14.3. The van der Waals surface area contributed by atoms with Crippen LogP contribution in [0.4, 0.5) is 23.2 Å². The van der Waals surface area contributed by atoms with E-state index in [0.29, 0.717) is 25.8 Å². The van der Waals surface area contributed by atoms with Crippen molar-refractivity contribution in [1.82, 2.24) is 9.55 Å². The van der Waals surface area contributed by atoms with Gasteiger partial charge in [0, 0.05) is 43.7 Å². The third-order valence-corrected chi connectivity index (χ3v) is 6.44. The van der Waals surface area contributed by atoms with Gasteiger partial charge in [-0.25, -0.2) is 12.8 Å². The number of anilines is 1. The highest BCUT2D eigenvalue weighted by atomic mass is 32.2. The molecule has 0 aliphatic carbocycles. The van der Waals surface area contributed by atoms with Crippen molar-refractivity contribution in [2.45, 2.75) is 29.2 Å². The molecular formula is C21H21F4N3O4S. The lowest BCUT2D eigenvalue weighted by Crippen LogP contribution is -2.18. The summed E-state index contributed by atoms with van der Waals surface area (Å²) in [7, 11) is -4.35. The minimum Gasteiger partial charge on any atom is -0.406 e. The second-order valence-corrected chi connectivity index (χ2v) is 9.03. The predicted molar refractivity (Wildman–Crippen MR) is 111 cm³/mol. The summed E-state index contributed by atoms with van der Waals surface area (Å²) in [5.74, 6) is -2.12. The summed E-state index contributed by atoms with van der Waals surface area (Å²) >= 11 is 0. The number of hydrogen-bond acceptors (Lipinski definition) is 6. The van der Waals surface area contributed by atoms with Crippen molar-refractivity contribution in [2.75, 3.05) is 18.9 Å². The largest absolute Gasteiger partial charge is 0.573 e. The highest BCUT2D eigenvalue weighted by Crippen LogP contribution is 2.31. The van der Waals surface area contributed by atoms with Crippen LogP contribution in [0.3, 0.4) is 0 Å². The minimum absolute atomic E-state index is 0.0816. The van der Waals surface area contributed by atoms with E-state index in [1.807, 2.05) is 18.2 Å². The van der Waals surface area contributed by atoms with E-state index in [4.69, 9.17) is 10.5 Å². The first kappa shape index (κ1) is 24.5. The number of nitrogens with two attached hydrogens (primary N) is 1. The maximum Gasteiger partial charge on any atom is 0.573 e. The number of rotatable bonds is 5. The lowest BCUT2D eigenvalue weighted by Gasteiger charge is -2.14. The van der Waals surface area contributed by atoms with Crippen LogP contribution in [-0.2, 0) is 21.1 Å². The molecule has 4 rings (SSSR count). The molecule has 1 aromatic carbocycles. The average Bonchev–Trinajstić information content (AvgIpc) is 3.38. The third kappa shape index (κ3) is 6.68. The second-order valence-electron chi connectivity index (χ2n) is 7.16. The van der Waals surface area contributed by atoms with E-state index >= 15 is 0 Å². The Morgan fingerprint density at radius 3 is 2.42 bits per heavy atom. The Kier molecular flexibility index (Phi) is 7.59. The molecule has 0 spiro atoms. The van der Waals surface area contributed by atoms with Crippen molar-refractivity contribution in [3.8, 4) is 5.75 Å². The smallest absolute Gasteiger partial charge is 0.406 e.